The van der Waals surface area contributed by atoms with Gasteiger partial charge >= 0.3 is 5.97 Å². The first-order valence-corrected chi connectivity index (χ1v) is 13.2. The molecule has 1 N–H and O–H groups in total. The number of hydrogen-bond acceptors (Lipinski definition) is 7. The van der Waals surface area contributed by atoms with E-state index in [9.17, 15) is 14.7 Å². The Labute approximate surface area is 220 Å². The van der Waals surface area contributed by atoms with Gasteiger partial charge in [0.1, 0.15) is 18.3 Å². The molecule has 3 aliphatic heterocycles. The van der Waals surface area contributed by atoms with Crippen molar-refractivity contribution in [3.05, 3.63) is 59.3 Å². The normalized spacial score (nSPS) is 43.4. The van der Waals surface area contributed by atoms with Gasteiger partial charge in [-0.25, -0.2) is 4.79 Å². The van der Waals surface area contributed by atoms with E-state index >= 15 is 0 Å². The second kappa shape index (κ2) is 13.0. The molecule has 0 aromatic rings. The summed E-state index contributed by atoms with van der Waals surface area (Å²) in [4.78, 5) is 25.9. The van der Waals surface area contributed by atoms with E-state index < -0.39 is 24.1 Å². The van der Waals surface area contributed by atoms with Crippen molar-refractivity contribution < 1.29 is 33.6 Å². The molecule has 2 bridgehead atoms. The largest absolute Gasteiger partial charge is 0.454 e. The van der Waals surface area contributed by atoms with Crippen LogP contribution < -0.4 is 0 Å². The molecule has 7 nitrogen and oxygen atoms in total. The van der Waals surface area contributed by atoms with Gasteiger partial charge in [0.15, 0.2) is 5.78 Å². The average Bonchev–Trinajstić information content (AvgIpc) is 3.42. The predicted molar refractivity (Wildman–Crippen MR) is 142 cm³/mol. The predicted octanol–water partition coefficient (Wildman–Crippen LogP) is 4.42. The summed E-state index contributed by atoms with van der Waals surface area (Å²) in [5.41, 5.74) is 1.74. The lowest BCUT2D eigenvalue weighted by atomic mass is 9.93. The quantitative estimate of drug-likeness (QED) is 0.339. The second-order valence-electron chi connectivity index (χ2n) is 10.5. The molecule has 0 saturated carbocycles. The zero-order valence-corrected chi connectivity index (χ0v) is 23.0. The zero-order chi connectivity index (χ0) is 27.3. The molecule has 3 heterocycles. The van der Waals surface area contributed by atoms with Gasteiger partial charge in [-0.3, -0.25) is 4.79 Å². The van der Waals surface area contributed by atoms with Crippen LogP contribution in [0.2, 0.25) is 0 Å². The highest BCUT2D eigenvalue weighted by molar-refractivity contribution is 5.99. The molecule has 0 unspecified atom stereocenters. The highest BCUT2D eigenvalue weighted by atomic mass is 16.6. The van der Waals surface area contributed by atoms with Gasteiger partial charge in [0, 0.05) is 30.9 Å². The zero-order valence-electron chi connectivity index (χ0n) is 23.0. The lowest BCUT2D eigenvalue weighted by Gasteiger charge is -2.26. The molecule has 7 heteroatoms. The first-order chi connectivity index (χ1) is 17.5. The molecule has 3 aliphatic rings. The van der Waals surface area contributed by atoms with Gasteiger partial charge in [0.2, 0.25) is 0 Å². The maximum Gasteiger partial charge on any atom is 0.334 e. The smallest absolute Gasteiger partial charge is 0.334 e. The number of epoxide rings is 1. The van der Waals surface area contributed by atoms with Crippen molar-refractivity contribution in [3.8, 4) is 0 Å². The van der Waals surface area contributed by atoms with E-state index in [1.165, 1.54) is 0 Å². The minimum absolute atomic E-state index is 0.0107. The van der Waals surface area contributed by atoms with Crippen molar-refractivity contribution in [2.75, 3.05) is 7.11 Å². The van der Waals surface area contributed by atoms with Crippen LogP contribution in [-0.2, 0) is 28.5 Å². The molecule has 37 heavy (non-hydrogen) atoms. The van der Waals surface area contributed by atoms with Crippen molar-refractivity contribution in [1.29, 1.82) is 0 Å². The number of cyclic esters (lactones) is 1. The summed E-state index contributed by atoms with van der Waals surface area (Å²) in [7, 11) is 1.66. The number of rotatable bonds is 3. The van der Waals surface area contributed by atoms with E-state index in [2.05, 4.69) is 0 Å². The number of carbonyl (C=O) groups excluding carboxylic acids is 2. The summed E-state index contributed by atoms with van der Waals surface area (Å²) in [5, 5.41) is 10.7. The number of ether oxygens (including phenoxy) is 4. The molecule has 9 atom stereocenters. The maximum absolute atomic E-state index is 13.1. The molecule has 204 valence electrons. The highest BCUT2D eigenvalue weighted by Gasteiger charge is 2.41. The van der Waals surface area contributed by atoms with E-state index in [-0.39, 0.29) is 42.2 Å². The van der Waals surface area contributed by atoms with Crippen molar-refractivity contribution in [1.82, 2.24) is 0 Å². The van der Waals surface area contributed by atoms with Crippen molar-refractivity contribution in [2.24, 2.45) is 11.8 Å². The van der Waals surface area contributed by atoms with Crippen LogP contribution in [0.5, 0.6) is 0 Å². The topological polar surface area (TPSA) is 94.6 Å². The van der Waals surface area contributed by atoms with E-state index in [4.69, 9.17) is 18.9 Å². The average molecular weight is 515 g/mol. The number of fused-ring (bicyclic) bond motifs is 2. The van der Waals surface area contributed by atoms with E-state index in [1.54, 1.807) is 46.1 Å². The number of hydrogen-bond donors (Lipinski definition) is 1. The van der Waals surface area contributed by atoms with Gasteiger partial charge < -0.3 is 24.1 Å². The van der Waals surface area contributed by atoms with Crippen LogP contribution in [0.4, 0.5) is 0 Å². The highest BCUT2D eigenvalue weighted by Crippen LogP contribution is 2.33. The van der Waals surface area contributed by atoms with Crippen molar-refractivity contribution in [3.63, 3.8) is 0 Å². The van der Waals surface area contributed by atoms with Crippen LogP contribution in [-0.4, -0.2) is 66.7 Å². The number of carbonyl (C=O) groups is 2. The summed E-state index contributed by atoms with van der Waals surface area (Å²) < 4.78 is 23.6. The van der Waals surface area contributed by atoms with Crippen LogP contribution in [0.25, 0.3) is 0 Å². The minimum atomic E-state index is -0.679. The lowest BCUT2D eigenvalue weighted by molar-refractivity contribution is -0.146. The number of esters is 1. The molecule has 2 fully saturated rings. The SMILES string of the molecule is CO[C@H]1C[C@H]2O[C@@H]1/C=C(\C)[C@H](O)C/C=C/C=C(\C)C(=O)[C@@H](C)/C=C(\C)C(=O)O[C@H](/C=C/[C@H]1O[C@@H]1C)[C@@H]2C. The Bertz CT molecular complexity index is 988. The fourth-order valence-electron chi connectivity index (χ4n) is 4.73. The van der Waals surface area contributed by atoms with E-state index in [0.29, 0.717) is 24.0 Å². The second-order valence-corrected chi connectivity index (χ2v) is 10.5. The van der Waals surface area contributed by atoms with Crippen molar-refractivity contribution >= 4 is 11.8 Å². The first-order valence-electron chi connectivity index (χ1n) is 13.2. The van der Waals surface area contributed by atoms with Gasteiger partial charge in [0.25, 0.3) is 0 Å². The van der Waals surface area contributed by atoms with Crippen LogP contribution in [0.15, 0.2) is 59.3 Å². The lowest BCUT2D eigenvalue weighted by Crippen LogP contribution is -2.33. The van der Waals surface area contributed by atoms with Gasteiger partial charge in [-0.1, -0.05) is 50.3 Å². The summed E-state index contributed by atoms with van der Waals surface area (Å²) in [5.74, 6) is -1.20. The Morgan fingerprint density at radius 3 is 2.32 bits per heavy atom. The Morgan fingerprint density at radius 1 is 1.00 bits per heavy atom. The molecule has 0 radical (unpaired) electrons. The number of ketones is 1. The van der Waals surface area contributed by atoms with Crippen LogP contribution >= 0.6 is 0 Å². The monoisotopic (exact) mass is 514 g/mol. The van der Waals surface area contributed by atoms with Gasteiger partial charge in [-0.2, -0.15) is 0 Å². The van der Waals surface area contributed by atoms with Crippen LogP contribution in [0.3, 0.4) is 0 Å². The molecule has 2 saturated heterocycles. The Kier molecular flexibility index (Phi) is 10.2. The molecular formula is C30H42O7. The Hall–Kier alpha value is -2.32. The molecule has 3 rings (SSSR count). The molecule has 0 aromatic carbocycles. The minimum Gasteiger partial charge on any atom is -0.454 e. The van der Waals surface area contributed by atoms with Gasteiger partial charge in [0.05, 0.1) is 24.4 Å². The fraction of sp³-hybridized carbons (Fsp3) is 0.600. The number of Topliss-reactive ketones (excluding diaryl/α,β-unsaturated/α-hetero) is 1. The number of aliphatic hydroxyl groups is 1. The molecule has 0 amide bonds. The third kappa shape index (κ3) is 7.84. The summed E-state index contributed by atoms with van der Waals surface area (Å²) in [6.45, 7) is 11.0. The molecule has 0 spiro atoms. The standard InChI is InChI=1S/C30H42O7/c1-17-10-8-9-11-23(31)18(2)15-28-27(34-7)16-26(36-28)21(5)24(12-13-25-22(6)35-25)37-30(33)20(4)14-19(3)29(17)32/h8-10,12-15,19,21-28,31H,11,16H2,1-7H3/b9-8+,13-12+,17-10+,18-15+,20-14+/t19-,21-,22+,23+,24+,25+,26+,27-,28+/m0/s1. The van der Waals surface area contributed by atoms with E-state index in [1.807, 2.05) is 45.1 Å². The van der Waals surface area contributed by atoms with Crippen LogP contribution in [0.1, 0.15) is 54.4 Å². The number of methoxy groups -OCH3 is 1. The summed E-state index contributed by atoms with van der Waals surface area (Å²) in [6, 6.07) is 0. The maximum atomic E-state index is 13.1. The third-order valence-electron chi connectivity index (χ3n) is 7.48. The number of aliphatic hydroxyl groups excluding tert-OH is 1. The summed E-state index contributed by atoms with van der Waals surface area (Å²) in [6.07, 6.45) is 12.0. The van der Waals surface area contributed by atoms with Gasteiger partial charge in [-0.05, 0) is 51.3 Å². The van der Waals surface area contributed by atoms with Crippen LogP contribution in [0, 0.1) is 11.8 Å². The van der Waals surface area contributed by atoms with E-state index in [0.717, 1.165) is 5.57 Å². The molecule has 0 aliphatic carbocycles. The molecule has 0 aromatic heterocycles. The Balaban J connectivity index is 1.94. The van der Waals surface area contributed by atoms with Gasteiger partial charge in [-0.15, -0.1) is 0 Å². The van der Waals surface area contributed by atoms with Crippen molar-refractivity contribution in [2.45, 2.75) is 97.1 Å². The fourth-order valence-corrected chi connectivity index (χ4v) is 4.73. The third-order valence-corrected chi connectivity index (χ3v) is 7.48. The Morgan fingerprint density at radius 2 is 1.68 bits per heavy atom. The number of allylic oxidation sites excluding steroid dienone is 4. The molecular weight excluding hydrogens is 472 g/mol. The first kappa shape index (κ1) is 29.2. The summed E-state index contributed by atoms with van der Waals surface area (Å²) >= 11 is 0.